The van der Waals surface area contributed by atoms with Crippen LogP contribution in [0.15, 0.2) is 0 Å². The van der Waals surface area contributed by atoms with E-state index in [1.54, 1.807) is 0 Å². The topological polar surface area (TPSA) is 46.2 Å². The maximum absolute atomic E-state index is 11.0. The monoisotopic (exact) mass is 171 g/mol. The van der Waals surface area contributed by atoms with Crippen LogP contribution in [0.3, 0.4) is 0 Å². The molecule has 12 heavy (non-hydrogen) atoms. The van der Waals surface area contributed by atoms with Gasteiger partial charge >= 0.3 is 0 Å². The molecular formula is C9H17NO2. The highest BCUT2D eigenvalue weighted by Crippen LogP contribution is 1.92. The lowest BCUT2D eigenvalue weighted by Gasteiger charge is -2.05. The summed E-state index contributed by atoms with van der Waals surface area (Å²) in [5.74, 6) is 0.0536. The largest absolute Gasteiger partial charge is 0.349 e. The zero-order valence-electron chi connectivity index (χ0n) is 8.02. The Morgan fingerprint density at radius 1 is 1.33 bits per heavy atom. The minimum Gasteiger partial charge on any atom is -0.349 e. The Hall–Kier alpha value is -0.860. The first-order valence-electron chi connectivity index (χ1n) is 4.37. The number of amides is 1. The highest BCUT2D eigenvalue weighted by atomic mass is 16.2. The molecule has 0 radical (unpaired) electrons. The van der Waals surface area contributed by atoms with Crippen LogP contribution in [0.1, 0.15) is 33.6 Å². The number of carbonyl (C=O) groups is 2. The molecule has 0 aliphatic rings. The lowest BCUT2D eigenvalue weighted by atomic mass is 10.1. The van der Waals surface area contributed by atoms with Crippen molar-refractivity contribution in [3.8, 4) is 0 Å². The molecule has 0 spiro atoms. The van der Waals surface area contributed by atoms with Gasteiger partial charge < -0.3 is 5.32 Å². The van der Waals surface area contributed by atoms with Gasteiger partial charge in [0.1, 0.15) is 0 Å². The number of hydrogen-bond acceptors (Lipinski definition) is 2. The van der Waals surface area contributed by atoms with Crippen LogP contribution in [0.25, 0.3) is 0 Å². The first-order valence-corrected chi connectivity index (χ1v) is 4.37. The Morgan fingerprint density at radius 3 is 2.33 bits per heavy atom. The van der Waals surface area contributed by atoms with E-state index in [1.165, 1.54) is 0 Å². The highest BCUT2D eigenvalue weighted by Gasteiger charge is 2.07. The summed E-state index contributed by atoms with van der Waals surface area (Å²) in [6, 6.07) is 0. The summed E-state index contributed by atoms with van der Waals surface area (Å²) in [7, 11) is 0. The van der Waals surface area contributed by atoms with Crippen LogP contribution in [0.2, 0.25) is 0 Å². The molecule has 70 valence electrons. The minimum absolute atomic E-state index is 0.00641. The molecule has 1 amide bonds. The van der Waals surface area contributed by atoms with Gasteiger partial charge in [-0.1, -0.05) is 20.8 Å². The standard InChI is InChI=1S/C9H17NO2/c1-4-5-9(12)10-6-8(11)7(2)3/h7H,4-6H2,1-3H3,(H,10,12). The maximum Gasteiger partial charge on any atom is 0.220 e. The van der Waals surface area contributed by atoms with Crippen molar-refractivity contribution in [2.75, 3.05) is 6.54 Å². The second-order valence-corrected chi connectivity index (χ2v) is 3.15. The Bertz CT molecular complexity index is 164. The van der Waals surface area contributed by atoms with Crippen molar-refractivity contribution in [2.45, 2.75) is 33.6 Å². The average Bonchev–Trinajstić information content (AvgIpc) is 2.00. The van der Waals surface area contributed by atoms with Crippen molar-refractivity contribution in [2.24, 2.45) is 5.92 Å². The van der Waals surface area contributed by atoms with Crippen molar-refractivity contribution >= 4 is 11.7 Å². The van der Waals surface area contributed by atoms with Gasteiger partial charge in [0.25, 0.3) is 0 Å². The molecule has 0 bridgehead atoms. The van der Waals surface area contributed by atoms with Gasteiger partial charge in [-0.2, -0.15) is 0 Å². The Labute approximate surface area is 73.5 Å². The fraction of sp³-hybridized carbons (Fsp3) is 0.778. The number of nitrogens with one attached hydrogen (secondary N) is 1. The summed E-state index contributed by atoms with van der Waals surface area (Å²) in [6.45, 7) is 5.77. The fourth-order valence-corrected chi connectivity index (χ4v) is 0.705. The molecule has 3 nitrogen and oxygen atoms in total. The van der Waals surface area contributed by atoms with Gasteiger partial charge in [0.2, 0.25) is 5.91 Å². The second-order valence-electron chi connectivity index (χ2n) is 3.15. The summed E-state index contributed by atoms with van der Waals surface area (Å²) in [5.41, 5.74) is 0. The molecular weight excluding hydrogens is 154 g/mol. The van der Waals surface area contributed by atoms with Gasteiger partial charge in [-0.25, -0.2) is 0 Å². The Balaban J connectivity index is 3.54. The molecule has 0 aromatic rings. The molecule has 3 heteroatoms. The molecule has 0 aromatic carbocycles. The normalized spacial score (nSPS) is 10.0. The van der Waals surface area contributed by atoms with Crippen molar-refractivity contribution in [1.82, 2.24) is 5.32 Å². The molecule has 0 rings (SSSR count). The van der Waals surface area contributed by atoms with E-state index >= 15 is 0 Å². The summed E-state index contributed by atoms with van der Waals surface area (Å²) < 4.78 is 0. The van der Waals surface area contributed by atoms with Gasteiger partial charge in [0.05, 0.1) is 6.54 Å². The maximum atomic E-state index is 11.0. The van der Waals surface area contributed by atoms with Crippen LogP contribution in [-0.2, 0) is 9.59 Å². The van der Waals surface area contributed by atoms with Gasteiger partial charge in [0, 0.05) is 12.3 Å². The lowest BCUT2D eigenvalue weighted by molar-refractivity contribution is -0.126. The smallest absolute Gasteiger partial charge is 0.220 e. The third kappa shape index (κ3) is 4.88. The predicted molar refractivity (Wildman–Crippen MR) is 47.8 cm³/mol. The van der Waals surface area contributed by atoms with Crippen LogP contribution in [-0.4, -0.2) is 18.2 Å². The quantitative estimate of drug-likeness (QED) is 0.674. The van der Waals surface area contributed by atoms with Crippen LogP contribution in [0.5, 0.6) is 0 Å². The van der Waals surface area contributed by atoms with E-state index < -0.39 is 0 Å². The molecule has 0 aliphatic carbocycles. The Kier molecular flexibility index (Phi) is 5.34. The van der Waals surface area contributed by atoms with Gasteiger partial charge in [0.15, 0.2) is 5.78 Å². The van der Waals surface area contributed by atoms with Gasteiger partial charge in [-0.3, -0.25) is 9.59 Å². The van der Waals surface area contributed by atoms with Crippen molar-refractivity contribution in [3.05, 3.63) is 0 Å². The average molecular weight is 171 g/mol. The van der Waals surface area contributed by atoms with Crippen LogP contribution >= 0.6 is 0 Å². The van der Waals surface area contributed by atoms with E-state index in [4.69, 9.17) is 0 Å². The lowest BCUT2D eigenvalue weighted by Crippen LogP contribution is -2.31. The number of carbonyl (C=O) groups excluding carboxylic acids is 2. The first-order chi connectivity index (χ1) is 5.57. The predicted octanol–water partition coefficient (Wildman–Crippen LogP) is 1.13. The summed E-state index contributed by atoms with van der Waals surface area (Å²) in [4.78, 5) is 21.9. The van der Waals surface area contributed by atoms with Crippen LogP contribution in [0.4, 0.5) is 0 Å². The minimum atomic E-state index is -0.0356. The summed E-state index contributed by atoms with van der Waals surface area (Å²) >= 11 is 0. The van der Waals surface area contributed by atoms with E-state index in [0.717, 1.165) is 6.42 Å². The number of Topliss-reactive ketones (excluding diaryl/α,β-unsaturated/α-hetero) is 1. The highest BCUT2D eigenvalue weighted by molar-refractivity contribution is 5.87. The van der Waals surface area contributed by atoms with E-state index in [0.29, 0.717) is 6.42 Å². The molecule has 0 fully saturated rings. The molecule has 0 saturated carbocycles. The molecule has 0 saturated heterocycles. The first kappa shape index (κ1) is 11.1. The Morgan fingerprint density at radius 2 is 1.92 bits per heavy atom. The van der Waals surface area contributed by atoms with E-state index in [2.05, 4.69) is 5.32 Å². The summed E-state index contributed by atoms with van der Waals surface area (Å²) in [5, 5.41) is 2.58. The SMILES string of the molecule is CCCC(=O)NCC(=O)C(C)C. The molecule has 0 aromatic heterocycles. The summed E-state index contributed by atoms with van der Waals surface area (Å²) in [6.07, 6.45) is 1.33. The molecule has 1 N–H and O–H groups in total. The molecule has 0 heterocycles. The van der Waals surface area contributed by atoms with Crippen molar-refractivity contribution in [3.63, 3.8) is 0 Å². The number of ketones is 1. The van der Waals surface area contributed by atoms with Crippen molar-refractivity contribution in [1.29, 1.82) is 0 Å². The number of rotatable bonds is 5. The third-order valence-electron chi connectivity index (χ3n) is 1.58. The number of hydrogen-bond donors (Lipinski definition) is 1. The second kappa shape index (κ2) is 5.75. The van der Waals surface area contributed by atoms with E-state index in [9.17, 15) is 9.59 Å². The third-order valence-corrected chi connectivity index (χ3v) is 1.58. The molecule has 0 atom stereocenters. The zero-order chi connectivity index (χ0) is 9.56. The van der Waals surface area contributed by atoms with Crippen LogP contribution < -0.4 is 5.32 Å². The molecule has 0 unspecified atom stereocenters. The van der Waals surface area contributed by atoms with Gasteiger partial charge in [-0.15, -0.1) is 0 Å². The van der Waals surface area contributed by atoms with E-state index in [1.807, 2.05) is 20.8 Å². The zero-order valence-corrected chi connectivity index (χ0v) is 8.02. The van der Waals surface area contributed by atoms with Crippen molar-refractivity contribution < 1.29 is 9.59 Å². The van der Waals surface area contributed by atoms with Gasteiger partial charge in [-0.05, 0) is 6.42 Å². The fourth-order valence-electron chi connectivity index (χ4n) is 0.705. The van der Waals surface area contributed by atoms with Crippen LogP contribution in [0, 0.1) is 5.92 Å². The molecule has 0 aliphatic heterocycles. The van der Waals surface area contributed by atoms with E-state index in [-0.39, 0.29) is 24.2 Å².